The number of fused-ring (bicyclic) bond motifs is 1. The van der Waals surface area contributed by atoms with Gasteiger partial charge in [-0.05, 0) is 45.2 Å². The van der Waals surface area contributed by atoms with Crippen LogP contribution in [0.15, 0.2) is 35.3 Å². The van der Waals surface area contributed by atoms with Crippen LogP contribution in [-0.4, -0.2) is 56.1 Å². The molecule has 3 aromatic rings. The smallest absolute Gasteiger partial charge is 0.407 e. The molecule has 1 saturated heterocycles. The van der Waals surface area contributed by atoms with Crippen molar-refractivity contribution in [2.75, 3.05) is 18.0 Å². The molecular formula is C25H30ClN5O5. The third kappa shape index (κ3) is 5.33. The average Bonchev–Trinajstić information content (AvgIpc) is 3.15. The Hall–Kier alpha value is -3.53. The number of amides is 1. The number of carboxylic acid groups (broad SMARTS) is 1. The number of aromatic carboxylic acids is 1. The monoisotopic (exact) mass is 515 g/mol. The SMILES string of the molecule is Cn1c(C(=O)O)cn2nc(N3CCC[C@@H](NC(=O)OC(C)(C)C)C3)c(Cc3ccccc3Cl)c2c1=O. The highest BCUT2D eigenvalue weighted by Crippen LogP contribution is 2.30. The molecule has 2 aromatic heterocycles. The minimum absolute atomic E-state index is 0.172. The quantitative estimate of drug-likeness (QED) is 0.534. The molecule has 4 rings (SSSR count). The van der Waals surface area contributed by atoms with Crippen LogP contribution in [0.5, 0.6) is 0 Å². The third-order valence-electron chi connectivity index (χ3n) is 6.09. The Balaban J connectivity index is 1.76. The Morgan fingerprint density at radius 1 is 1.28 bits per heavy atom. The maximum Gasteiger partial charge on any atom is 0.407 e. The van der Waals surface area contributed by atoms with Crippen LogP contribution in [0.4, 0.5) is 10.6 Å². The van der Waals surface area contributed by atoms with Crippen LogP contribution in [0.2, 0.25) is 5.02 Å². The van der Waals surface area contributed by atoms with Crippen molar-refractivity contribution in [1.82, 2.24) is 19.5 Å². The lowest BCUT2D eigenvalue weighted by atomic mass is 10.0. The molecule has 11 heteroatoms. The van der Waals surface area contributed by atoms with Crippen molar-refractivity contribution in [1.29, 1.82) is 0 Å². The Morgan fingerprint density at radius 2 is 2.00 bits per heavy atom. The maximum absolute atomic E-state index is 13.3. The lowest BCUT2D eigenvalue weighted by Crippen LogP contribution is -2.49. The van der Waals surface area contributed by atoms with E-state index in [1.807, 2.05) is 43.9 Å². The molecule has 1 aromatic carbocycles. The van der Waals surface area contributed by atoms with Crippen molar-refractivity contribution < 1.29 is 19.4 Å². The summed E-state index contributed by atoms with van der Waals surface area (Å²) in [5.41, 5.74) is 0.521. The van der Waals surface area contributed by atoms with Gasteiger partial charge >= 0.3 is 12.1 Å². The van der Waals surface area contributed by atoms with E-state index in [-0.39, 0.29) is 11.7 Å². The van der Waals surface area contributed by atoms with Crippen molar-refractivity contribution in [2.24, 2.45) is 7.05 Å². The third-order valence-corrected chi connectivity index (χ3v) is 6.46. The van der Waals surface area contributed by atoms with E-state index in [0.717, 1.165) is 23.0 Å². The molecule has 1 fully saturated rings. The van der Waals surface area contributed by atoms with Crippen LogP contribution in [0.3, 0.4) is 0 Å². The summed E-state index contributed by atoms with van der Waals surface area (Å²) in [5, 5.41) is 17.7. The van der Waals surface area contributed by atoms with Crippen molar-refractivity contribution in [3.05, 3.63) is 62.7 Å². The minimum atomic E-state index is -1.22. The number of carbonyl (C=O) groups excluding carboxylic acids is 1. The summed E-state index contributed by atoms with van der Waals surface area (Å²) in [5.74, 6) is -0.661. The van der Waals surface area contributed by atoms with Crippen molar-refractivity contribution in [2.45, 2.75) is 51.7 Å². The van der Waals surface area contributed by atoms with E-state index < -0.39 is 23.2 Å². The molecule has 0 bridgehead atoms. The fourth-order valence-corrected chi connectivity index (χ4v) is 4.66. The number of aromatic nitrogens is 3. The number of hydrogen-bond acceptors (Lipinski definition) is 6. The average molecular weight is 516 g/mol. The number of carbonyl (C=O) groups is 2. The van der Waals surface area contributed by atoms with Gasteiger partial charge in [0.05, 0.1) is 6.20 Å². The Labute approximate surface area is 213 Å². The minimum Gasteiger partial charge on any atom is -0.477 e. The van der Waals surface area contributed by atoms with E-state index in [1.54, 1.807) is 6.07 Å². The molecule has 3 heterocycles. The van der Waals surface area contributed by atoms with Gasteiger partial charge in [0.15, 0.2) is 5.82 Å². The number of rotatable bonds is 5. The van der Waals surface area contributed by atoms with Gasteiger partial charge in [0, 0.05) is 43.2 Å². The summed E-state index contributed by atoms with van der Waals surface area (Å²) < 4.78 is 7.87. The molecule has 1 atom stereocenters. The lowest BCUT2D eigenvalue weighted by Gasteiger charge is -2.34. The standard InChI is InChI=1S/C25H30ClN5O5/c1-25(2,3)36-24(35)27-16-9-7-11-30(13-16)21-17(12-15-8-5-6-10-18(15)26)20-22(32)29(4)19(23(33)34)14-31(20)28-21/h5-6,8,10,14,16H,7,9,11-13H2,1-4H3,(H,27,35)(H,33,34)/t16-/m1/s1. The van der Waals surface area contributed by atoms with Crippen LogP contribution < -0.4 is 15.8 Å². The van der Waals surface area contributed by atoms with Crippen LogP contribution in [0.1, 0.15) is 55.2 Å². The lowest BCUT2D eigenvalue weighted by molar-refractivity contribution is 0.0499. The van der Waals surface area contributed by atoms with Crippen molar-refractivity contribution in [3.63, 3.8) is 0 Å². The molecule has 192 valence electrons. The van der Waals surface area contributed by atoms with Crippen LogP contribution >= 0.6 is 11.6 Å². The first kappa shape index (κ1) is 25.6. The van der Waals surface area contributed by atoms with Gasteiger partial charge < -0.3 is 24.6 Å². The second-order valence-electron chi connectivity index (χ2n) is 9.98. The first-order valence-electron chi connectivity index (χ1n) is 11.8. The number of halogens is 1. The van der Waals surface area contributed by atoms with Gasteiger partial charge in [0.25, 0.3) is 5.56 Å². The normalized spacial score (nSPS) is 16.2. The topological polar surface area (TPSA) is 118 Å². The number of benzene rings is 1. The second-order valence-corrected chi connectivity index (χ2v) is 10.4. The zero-order valence-electron chi connectivity index (χ0n) is 20.7. The second kappa shape index (κ2) is 9.85. The number of nitrogens with zero attached hydrogens (tertiary/aromatic N) is 4. The summed E-state index contributed by atoms with van der Waals surface area (Å²) in [4.78, 5) is 39.4. The fraction of sp³-hybridized carbons (Fsp3) is 0.440. The zero-order valence-corrected chi connectivity index (χ0v) is 21.5. The molecule has 1 aliphatic heterocycles. The van der Waals surface area contributed by atoms with Gasteiger partial charge in [-0.3, -0.25) is 4.79 Å². The number of piperidine rings is 1. The molecule has 1 amide bonds. The van der Waals surface area contributed by atoms with E-state index >= 15 is 0 Å². The van der Waals surface area contributed by atoms with Crippen LogP contribution in [-0.2, 0) is 18.2 Å². The van der Waals surface area contributed by atoms with E-state index in [4.69, 9.17) is 16.3 Å². The van der Waals surface area contributed by atoms with Crippen molar-refractivity contribution >= 4 is 35.0 Å². The van der Waals surface area contributed by atoms with Gasteiger partial charge in [-0.25, -0.2) is 14.1 Å². The van der Waals surface area contributed by atoms with Crippen LogP contribution in [0.25, 0.3) is 5.52 Å². The predicted octanol–water partition coefficient (Wildman–Crippen LogP) is 3.47. The fourth-order valence-electron chi connectivity index (χ4n) is 4.46. The summed E-state index contributed by atoms with van der Waals surface area (Å²) >= 11 is 6.44. The first-order valence-corrected chi connectivity index (χ1v) is 12.1. The molecule has 0 saturated carbocycles. The molecule has 0 unspecified atom stereocenters. The molecule has 2 N–H and O–H groups in total. The summed E-state index contributed by atoms with van der Waals surface area (Å²) in [6.07, 6.45) is 2.76. The predicted molar refractivity (Wildman–Crippen MR) is 136 cm³/mol. The van der Waals surface area contributed by atoms with Gasteiger partial charge in [-0.15, -0.1) is 5.10 Å². The largest absolute Gasteiger partial charge is 0.477 e. The number of nitrogens with one attached hydrogen (secondary N) is 1. The molecule has 1 aliphatic rings. The van der Waals surface area contributed by atoms with Crippen LogP contribution in [0, 0.1) is 0 Å². The summed E-state index contributed by atoms with van der Waals surface area (Å²) in [6, 6.07) is 7.19. The summed E-state index contributed by atoms with van der Waals surface area (Å²) in [7, 11) is 1.43. The Kier molecular flexibility index (Phi) is 6.99. The zero-order chi connectivity index (χ0) is 26.2. The number of carboxylic acids is 1. The Bertz CT molecular complexity index is 1370. The van der Waals surface area contributed by atoms with Gasteiger partial charge in [0.1, 0.15) is 16.8 Å². The maximum atomic E-state index is 13.3. The number of ether oxygens (including phenoxy) is 1. The number of anilines is 1. The number of hydrogen-bond donors (Lipinski definition) is 2. The van der Waals surface area contributed by atoms with E-state index in [1.165, 1.54) is 17.8 Å². The molecule has 10 nitrogen and oxygen atoms in total. The van der Waals surface area contributed by atoms with E-state index in [2.05, 4.69) is 10.4 Å². The molecule has 0 aliphatic carbocycles. The van der Waals surface area contributed by atoms with E-state index in [9.17, 15) is 19.5 Å². The Morgan fingerprint density at radius 3 is 2.67 bits per heavy atom. The molecular weight excluding hydrogens is 486 g/mol. The highest BCUT2D eigenvalue weighted by atomic mass is 35.5. The van der Waals surface area contributed by atoms with Gasteiger partial charge in [0.2, 0.25) is 0 Å². The van der Waals surface area contributed by atoms with Crippen molar-refractivity contribution in [3.8, 4) is 0 Å². The molecule has 0 radical (unpaired) electrons. The van der Waals surface area contributed by atoms with E-state index in [0.29, 0.717) is 41.4 Å². The first-order chi connectivity index (χ1) is 16.9. The highest BCUT2D eigenvalue weighted by molar-refractivity contribution is 6.31. The molecule has 0 spiro atoms. The van der Waals surface area contributed by atoms with Gasteiger partial charge in [-0.2, -0.15) is 0 Å². The van der Waals surface area contributed by atoms with Gasteiger partial charge in [-0.1, -0.05) is 29.8 Å². The number of alkyl carbamates (subject to hydrolysis) is 1. The molecule has 36 heavy (non-hydrogen) atoms. The summed E-state index contributed by atoms with van der Waals surface area (Å²) in [6.45, 7) is 6.55. The highest BCUT2D eigenvalue weighted by Gasteiger charge is 2.29.